The van der Waals surface area contributed by atoms with Crippen LogP contribution in [-0.4, -0.2) is 6.54 Å². The topological polar surface area (TPSA) is 12.0 Å². The Balaban J connectivity index is 2.41. The molecule has 0 radical (unpaired) electrons. The van der Waals surface area contributed by atoms with Crippen LogP contribution >= 0.6 is 0 Å². The number of hydrogen-bond donors (Lipinski definition) is 1. The molecule has 118 valence electrons. The third kappa shape index (κ3) is 3.25. The molecule has 1 aliphatic rings. The van der Waals surface area contributed by atoms with Crippen molar-refractivity contribution in [3.05, 3.63) is 35.1 Å². The van der Waals surface area contributed by atoms with Crippen LogP contribution in [0.4, 0.5) is 13.2 Å². The molecule has 1 nitrogen and oxygen atoms in total. The summed E-state index contributed by atoms with van der Waals surface area (Å²) in [4.78, 5) is 0. The summed E-state index contributed by atoms with van der Waals surface area (Å²) >= 11 is 0. The van der Waals surface area contributed by atoms with E-state index in [0.29, 0.717) is 6.54 Å². The standard InChI is InChI=1S/C17H24F3N/c1-4-21-16(12-7-5-6-10-17(12,2)3)11-8-9-13(18)15(20)14(11)19/h8-9,12,16,21H,4-7,10H2,1-3H3. The van der Waals surface area contributed by atoms with Crippen molar-refractivity contribution in [2.24, 2.45) is 11.3 Å². The van der Waals surface area contributed by atoms with Crippen molar-refractivity contribution in [2.45, 2.75) is 52.5 Å². The van der Waals surface area contributed by atoms with Gasteiger partial charge in [0.1, 0.15) is 0 Å². The summed E-state index contributed by atoms with van der Waals surface area (Å²) < 4.78 is 40.9. The van der Waals surface area contributed by atoms with Gasteiger partial charge in [0.25, 0.3) is 0 Å². The van der Waals surface area contributed by atoms with E-state index in [0.717, 1.165) is 25.3 Å². The van der Waals surface area contributed by atoms with Gasteiger partial charge in [0, 0.05) is 11.6 Å². The molecule has 0 bridgehead atoms. The minimum absolute atomic E-state index is 0.0579. The number of hydrogen-bond acceptors (Lipinski definition) is 1. The van der Waals surface area contributed by atoms with Crippen LogP contribution in [0.2, 0.25) is 0 Å². The first-order valence-corrected chi connectivity index (χ1v) is 7.75. The molecule has 1 aromatic carbocycles. The smallest absolute Gasteiger partial charge is 0.194 e. The maximum Gasteiger partial charge on any atom is 0.194 e. The molecule has 2 atom stereocenters. The van der Waals surface area contributed by atoms with Crippen LogP contribution in [0.15, 0.2) is 12.1 Å². The molecule has 0 aromatic heterocycles. The number of benzene rings is 1. The van der Waals surface area contributed by atoms with Gasteiger partial charge in [0.15, 0.2) is 17.5 Å². The molecule has 2 unspecified atom stereocenters. The molecule has 1 aromatic rings. The fourth-order valence-electron chi connectivity index (χ4n) is 3.61. The second-order valence-corrected chi connectivity index (χ2v) is 6.64. The Bertz CT molecular complexity index is 499. The fourth-order valence-corrected chi connectivity index (χ4v) is 3.61. The van der Waals surface area contributed by atoms with E-state index >= 15 is 0 Å². The van der Waals surface area contributed by atoms with Crippen LogP contribution in [0.5, 0.6) is 0 Å². The molecule has 0 saturated heterocycles. The van der Waals surface area contributed by atoms with Crippen LogP contribution in [0.3, 0.4) is 0 Å². The first-order chi connectivity index (χ1) is 9.88. The maximum atomic E-state index is 14.2. The highest BCUT2D eigenvalue weighted by Gasteiger charge is 2.39. The zero-order chi connectivity index (χ0) is 15.6. The minimum Gasteiger partial charge on any atom is -0.310 e. The van der Waals surface area contributed by atoms with Gasteiger partial charge >= 0.3 is 0 Å². The highest BCUT2D eigenvalue weighted by molar-refractivity contribution is 5.25. The van der Waals surface area contributed by atoms with Gasteiger partial charge in [0.05, 0.1) is 0 Å². The summed E-state index contributed by atoms with van der Waals surface area (Å²) in [6.45, 7) is 6.97. The van der Waals surface area contributed by atoms with E-state index in [1.54, 1.807) is 0 Å². The number of halogens is 3. The molecule has 0 aliphatic heterocycles. The molecule has 1 saturated carbocycles. The summed E-state index contributed by atoms with van der Waals surface area (Å²) in [6.07, 6.45) is 4.32. The largest absolute Gasteiger partial charge is 0.310 e. The highest BCUT2D eigenvalue weighted by atomic mass is 19.2. The van der Waals surface area contributed by atoms with E-state index in [4.69, 9.17) is 0 Å². The van der Waals surface area contributed by atoms with Crippen molar-refractivity contribution in [1.29, 1.82) is 0 Å². The second-order valence-electron chi connectivity index (χ2n) is 6.64. The van der Waals surface area contributed by atoms with E-state index < -0.39 is 17.5 Å². The van der Waals surface area contributed by atoms with Crippen molar-refractivity contribution < 1.29 is 13.2 Å². The predicted octanol–water partition coefficient (Wildman–Crippen LogP) is 4.97. The third-order valence-electron chi connectivity index (χ3n) is 4.82. The summed E-state index contributed by atoms with van der Waals surface area (Å²) in [5.74, 6) is -3.34. The summed E-state index contributed by atoms with van der Waals surface area (Å²) in [5, 5.41) is 3.28. The van der Waals surface area contributed by atoms with E-state index in [1.165, 1.54) is 12.5 Å². The monoisotopic (exact) mass is 299 g/mol. The summed E-state index contributed by atoms with van der Waals surface area (Å²) in [7, 11) is 0. The van der Waals surface area contributed by atoms with Crippen molar-refractivity contribution in [3.8, 4) is 0 Å². The van der Waals surface area contributed by atoms with Crippen LogP contribution < -0.4 is 5.32 Å². The minimum atomic E-state index is -1.37. The first-order valence-electron chi connectivity index (χ1n) is 7.75. The molecule has 0 spiro atoms. The lowest BCUT2D eigenvalue weighted by molar-refractivity contribution is 0.0970. The molecule has 1 aliphatic carbocycles. The van der Waals surface area contributed by atoms with Crippen molar-refractivity contribution >= 4 is 0 Å². The van der Waals surface area contributed by atoms with Gasteiger partial charge in [-0.15, -0.1) is 0 Å². The zero-order valence-electron chi connectivity index (χ0n) is 13.0. The van der Waals surface area contributed by atoms with Gasteiger partial charge in [-0.2, -0.15) is 0 Å². The lowest BCUT2D eigenvalue weighted by Gasteiger charge is -2.43. The molecule has 0 amide bonds. The molecule has 1 fully saturated rings. The molecular weight excluding hydrogens is 275 g/mol. The first kappa shape index (κ1) is 16.3. The van der Waals surface area contributed by atoms with Gasteiger partial charge in [0.2, 0.25) is 0 Å². The van der Waals surface area contributed by atoms with E-state index in [1.807, 2.05) is 6.92 Å². The fraction of sp³-hybridized carbons (Fsp3) is 0.647. The van der Waals surface area contributed by atoms with E-state index in [2.05, 4.69) is 19.2 Å². The van der Waals surface area contributed by atoms with Crippen LogP contribution in [0, 0.1) is 28.8 Å². The maximum absolute atomic E-state index is 14.2. The highest BCUT2D eigenvalue weighted by Crippen LogP contribution is 2.47. The molecule has 4 heteroatoms. The molecule has 21 heavy (non-hydrogen) atoms. The van der Waals surface area contributed by atoms with Crippen molar-refractivity contribution in [1.82, 2.24) is 5.32 Å². The number of rotatable bonds is 4. The average molecular weight is 299 g/mol. The Labute approximate surface area is 124 Å². The second kappa shape index (κ2) is 6.39. The lowest BCUT2D eigenvalue weighted by atomic mass is 9.64. The van der Waals surface area contributed by atoms with E-state index in [9.17, 15) is 13.2 Å². The quantitative estimate of drug-likeness (QED) is 0.774. The average Bonchev–Trinajstić information content (AvgIpc) is 2.43. The van der Waals surface area contributed by atoms with Gasteiger partial charge in [-0.3, -0.25) is 0 Å². The van der Waals surface area contributed by atoms with E-state index in [-0.39, 0.29) is 22.9 Å². The Morgan fingerprint density at radius 2 is 1.90 bits per heavy atom. The molecular formula is C17H24F3N. The van der Waals surface area contributed by atoms with Crippen molar-refractivity contribution in [3.63, 3.8) is 0 Å². The lowest BCUT2D eigenvalue weighted by Crippen LogP contribution is -2.39. The van der Waals surface area contributed by atoms with Crippen LogP contribution in [-0.2, 0) is 0 Å². The Morgan fingerprint density at radius 3 is 2.52 bits per heavy atom. The van der Waals surface area contributed by atoms with Gasteiger partial charge in [-0.25, -0.2) is 13.2 Å². The summed E-state index contributed by atoms with van der Waals surface area (Å²) in [6, 6.07) is 2.13. The van der Waals surface area contributed by atoms with Crippen molar-refractivity contribution in [2.75, 3.05) is 6.54 Å². The van der Waals surface area contributed by atoms with Gasteiger partial charge in [-0.05, 0) is 36.8 Å². The SMILES string of the molecule is CCNC(c1ccc(F)c(F)c1F)C1CCCCC1(C)C. The molecule has 2 rings (SSSR count). The number of nitrogens with one attached hydrogen (secondary N) is 1. The van der Waals surface area contributed by atoms with Crippen LogP contribution in [0.1, 0.15) is 58.1 Å². The normalized spacial score (nSPS) is 23.0. The predicted molar refractivity (Wildman–Crippen MR) is 78.5 cm³/mol. The zero-order valence-corrected chi connectivity index (χ0v) is 13.0. The Morgan fingerprint density at radius 1 is 1.19 bits per heavy atom. The van der Waals surface area contributed by atoms with Crippen LogP contribution in [0.25, 0.3) is 0 Å². The molecule has 1 N–H and O–H groups in total. The summed E-state index contributed by atoms with van der Waals surface area (Å²) in [5.41, 5.74) is 0.304. The van der Waals surface area contributed by atoms with Gasteiger partial charge in [-0.1, -0.05) is 39.7 Å². The Kier molecular flexibility index (Phi) is 4.97. The molecule has 0 heterocycles. The van der Waals surface area contributed by atoms with Gasteiger partial charge < -0.3 is 5.32 Å². The Hall–Kier alpha value is -1.03. The third-order valence-corrected chi connectivity index (χ3v) is 4.82.